The maximum Gasteiger partial charge on any atom is 0.134 e. The summed E-state index contributed by atoms with van der Waals surface area (Å²) in [6.45, 7) is 3.02. The summed E-state index contributed by atoms with van der Waals surface area (Å²) in [5.74, 6) is 0.965. The van der Waals surface area contributed by atoms with E-state index in [1.807, 2.05) is 18.2 Å². The van der Waals surface area contributed by atoms with E-state index in [4.69, 9.17) is 16.0 Å². The number of hydrogen-bond acceptors (Lipinski definition) is 3. The highest BCUT2D eigenvalue weighted by Crippen LogP contribution is 2.26. The molecule has 2 aromatic heterocycles. The predicted octanol–water partition coefficient (Wildman–Crippen LogP) is 5.80. The van der Waals surface area contributed by atoms with Crippen LogP contribution in [0.3, 0.4) is 0 Å². The van der Waals surface area contributed by atoms with Gasteiger partial charge < -0.3 is 9.73 Å². The number of rotatable bonds is 5. The van der Waals surface area contributed by atoms with Crippen LogP contribution >= 0.6 is 38.9 Å². The average Bonchev–Trinajstić information content (AvgIpc) is 3.04. The molecular formula is C16H15BrClNOS. The van der Waals surface area contributed by atoms with Crippen molar-refractivity contribution in [3.8, 4) is 0 Å². The Balaban J connectivity index is 1.62. The molecule has 3 rings (SSSR count). The van der Waals surface area contributed by atoms with E-state index in [1.54, 1.807) is 11.3 Å². The Morgan fingerprint density at radius 3 is 2.90 bits per heavy atom. The van der Waals surface area contributed by atoms with Crippen molar-refractivity contribution in [2.24, 2.45) is 0 Å². The fourth-order valence-electron chi connectivity index (χ4n) is 2.25. The van der Waals surface area contributed by atoms with Gasteiger partial charge in [0.1, 0.15) is 11.3 Å². The molecule has 21 heavy (non-hydrogen) atoms. The first-order valence-corrected chi connectivity index (χ1v) is 8.77. The zero-order valence-electron chi connectivity index (χ0n) is 11.5. The standard InChI is InChI=1S/C16H15BrClNOS/c1-10(19-7-6-13-3-5-16(18)21-13)15-9-11-8-12(17)2-4-14(11)20-15/h2-5,8-10,19H,6-7H2,1H3. The van der Waals surface area contributed by atoms with E-state index in [9.17, 15) is 0 Å². The molecule has 0 radical (unpaired) electrons. The van der Waals surface area contributed by atoms with Crippen LogP contribution in [-0.4, -0.2) is 6.54 Å². The van der Waals surface area contributed by atoms with Crippen LogP contribution in [0, 0.1) is 0 Å². The third-order valence-corrected chi connectivity index (χ3v) is 5.16. The number of halogens is 2. The zero-order valence-corrected chi connectivity index (χ0v) is 14.7. The van der Waals surface area contributed by atoms with Crippen LogP contribution in [0.2, 0.25) is 4.34 Å². The fourth-order valence-corrected chi connectivity index (χ4v) is 3.71. The van der Waals surface area contributed by atoms with E-state index in [0.29, 0.717) is 0 Å². The highest BCUT2D eigenvalue weighted by atomic mass is 79.9. The van der Waals surface area contributed by atoms with Crippen molar-refractivity contribution in [1.29, 1.82) is 0 Å². The Kier molecular flexibility index (Phi) is 4.69. The maximum atomic E-state index is 5.93. The minimum Gasteiger partial charge on any atom is -0.459 e. The SMILES string of the molecule is CC(NCCc1ccc(Cl)s1)c1cc2cc(Br)ccc2o1. The van der Waals surface area contributed by atoms with E-state index in [2.05, 4.69) is 46.4 Å². The molecule has 1 N–H and O–H groups in total. The molecule has 1 atom stereocenters. The Morgan fingerprint density at radius 1 is 1.29 bits per heavy atom. The van der Waals surface area contributed by atoms with Gasteiger partial charge in [-0.2, -0.15) is 0 Å². The molecule has 2 nitrogen and oxygen atoms in total. The molecule has 0 bridgehead atoms. The van der Waals surface area contributed by atoms with Gasteiger partial charge in [-0.15, -0.1) is 11.3 Å². The molecule has 0 fully saturated rings. The second-order valence-corrected chi connectivity index (χ2v) is 7.68. The summed E-state index contributed by atoms with van der Waals surface area (Å²) in [7, 11) is 0. The molecular weight excluding hydrogens is 370 g/mol. The molecule has 2 heterocycles. The molecule has 110 valence electrons. The van der Waals surface area contributed by atoms with Gasteiger partial charge in [-0.1, -0.05) is 27.5 Å². The van der Waals surface area contributed by atoms with Gasteiger partial charge in [0.15, 0.2) is 0 Å². The molecule has 3 aromatic rings. The molecule has 1 aromatic carbocycles. The summed E-state index contributed by atoms with van der Waals surface area (Å²) in [6.07, 6.45) is 0.980. The van der Waals surface area contributed by atoms with Gasteiger partial charge in [0, 0.05) is 21.3 Å². The largest absolute Gasteiger partial charge is 0.459 e. The van der Waals surface area contributed by atoms with Crippen molar-refractivity contribution in [2.75, 3.05) is 6.54 Å². The van der Waals surface area contributed by atoms with Crippen LogP contribution in [0.15, 0.2) is 45.3 Å². The van der Waals surface area contributed by atoms with Crippen molar-refractivity contribution < 1.29 is 4.42 Å². The first kappa shape index (κ1) is 15.1. The smallest absolute Gasteiger partial charge is 0.134 e. The zero-order chi connectivity index (χ0) is 14.8. The summed E-state index contributed by atoms with van der Waals surface area (Å²) in [4.78, 5) is 1.30. The maximum absolute atomic E-state index is 5.93. The third kappa shape index (κ3) is 3.69. The number of furan rings is 1. The molecule has 0 aliphatic carbocycles. The number of fused-ring (bicyclic) bond motifs is 1. The quantitative estimate of drug-likeness (QED) is 0.601. The minimum absolute atomic E-state index is 0.187. The average molecular weight is 385 g/mol. The summed E-state index contributed by atoms with van der Waals surface area (Å²) < 4.78 is 7.81. The van der Waals surface area contributed by atoms with Gasteiger partial charge in [-0.3, -0.25) is 0 Å². The van der Waals surface area contributed by atoms with E-state index >= 15 is 0 Å². The lowest BCUT2D eigenvalue weighted by molar-refractivity contribution is 0.454. The summed E-state index contributed by atoms with van der Waals surface area (Å²) in [6, 6.07) is 12.4. The normalized spacial score (nSPS) is 12.9. The molecule has 1 unspecified atom stereocenters. The fraction of sp³-hybridized carbons (Fsp3) is 0.250. The van der Waals surface area contributed by atoms with Crippen LogP contribution in [-0.2, 0) is 6.42 Å². The van der Waals surface area contributed by atoms with Crippen molar-refractivity contribution in [1.82, 2.24) is 5.32 Å². The van der Waals surface area contributed by atoms with Crippen LogP contribution in [0.5, 0.6) is 0 Å². The monoisotopic (exact) mass is 383 g/mol. The molecule has 0 amide bonds. The van der Waals surface area contributed by atoms with Gasteiger partial charge in [0.05, 0.1) is 10.4 Å². The number of thiophene rings is 1. The van der Waals surface area contributed by atoms with E-state index in [-0.39, 0.29) is 6.04 Å². The second-order valence-electron chi connectivity index (χ2n) is 4.96. The van der Waals surface area contributed by atoms with E-state index in [0.717, 1.165) is 38.5 Å². The van der Waals surface area contributed by atoms with Gasteiger partial charge in [0.25, 0.3) is 0 Å². The van der Waals surface area contributed by atoms with Crippen LogP contribution < -0.4 is 5.32 Å². The summed E-state index contributed by atoms with van der Waals surface area (Å²) in [5, 5.41) is 4.61. The van der Waals surface area contributed by atoms with Crippen molar-refractivity contribution >= 4 is 49.8 Å². The molecule has 0 saturated carbocycles. The first-order chi connectivity index (χ1) is 10.1. The van der Waals surface area contributed by atoms with E-state index < -0.39 is 0 Å². The van der Waals surface area contributed by atoms with Gasteiger partial charge in [-0.05, 0) is 49.7 Å². The Morgan fingerprint density at radius 2 is 2.14 bits per heavy atom. The minimum atomic E-state index is 0.187. The topological polar surface area (TPSA) is 25.2 Å². The lowest BCUT2D eigenvalue weighted by Crippen LogP contribution is -2.20. The van der Waals surface area contributed by atoms with Gasteiger partial charge in [0.2, 0.25) is 0 Å². The molecule has 0 aliphatic heterocycles. The second kappa shape index (κ2) is 6.53. The Hall–Kier alpha value is -0.810. The number of benzene rings is 1. The van der Waals surface area contributed by atoms with Crippen molar-refractivity contribution in [3.05, 3.63) is 55.8 Å². The molecule has 0 saturated heterocycles. The predicted molar refractivity (Wildman–Crippen MR) is 93.4 cm³/mol. The highest BCUT2D eigenvalue weighted by molar-refractivity contribution is 9.10. The van der Waals surface area contributed by atoms with Crippen LogP contribution in [0.25, 0.3) is 11.0 Å². The lowest BCUT2D eigenvalue weighted by Gasteiger charge is -2.10. The number of nitrogens with one attached hydrogen (secondary N) is 1. The molecule has 5 heteroatoms. The van der Waals surface area contributed by atoms with Crippen LogP contribution in [0.4, 0.5) is 0 Å². The number of hydrogen-bond donors (Lipinski definition) is 1. The van der Waals surface area contributed by atoms with Crippen molar-refractivity contribution in [2.45, 2.75) is 19.4 Å². The Bertz CT molecular complexity index is 752. The third-order valence-electron chi connectivity index (χ3n) is 3.37. The van der Waals surface area contributed by atoms with Crippen molar-refractivity contribution in [3.63, 3.8) is 0 Å². The van der Waals surface area contributed by atoms with Crippen LogP contribution in [0.1, 0.15) is 23.6 Å². The molecule has 0 aliphatic rings. The summed E-state index contributed by atoms with van der Waals surface area (Å²) in [5.41, 5.74) is 0.923. The first-order valence-electron chi connectivity index (χ1n) is 6.78. The van der Waals surface area contributed by atoms with E-state index in [1.165, 1.54) is 4.88 Å². The van der Waals surface area contributed by atoms with Gasteiger partial charge >= 0.3 is 0 Å². The summed E-state index contributed by atoms with van der Waals surface area (Å²) >= 11 is 11.1. The van der Waals surface area contributed by atoms with Gasteiger partial charge in [-0.25, -0.2) is 0 Å². The highest BCUT2D eigenvalue weighted by Gasteiger charge is 2.11. The lowest BCUT2D eigenvalue weighted by atomic mass is 10.2. The Labute approximate surface area is 141 Å². The molecule has 0 spiro atoms.